The maximum Gasteiger partial charge on any atom is 0.317 e. The van der Waals surface area contributed by atoms with Crippen LogP contribution in [0.15, 0.2) is 30.3 Å². The van der Waals surface area contributed by atoms with E-state index < -0.39 is 0 Å². The third kappa shape index (κ3) is 3.67. The lowest BCUT2D eigenvalue weighted by molar-refractivity contribution is 0.208. The van der Waals surface area contributed by atoms with Gasteiger partial charge >= 0.3 is 6.03 Å². The van der Waals surface area contributed by atoms with E-state index in [2.05, 4.69) is 45.4 Å². The van der Waals surface area contributed by atoms with Crippen LogP contribution in [0.4, 0.5) is 10.5 Å². The Bertz CT molecular complexity index is 457. The fourth-order valence-corrected chi connectivity index (χ4v) is 3.08. The average molecular weight is 288 g/mol. The molecule has 0 saturated carbocycles. The molecule has 0 aromatic heterocycles. The first-order valence-corrected chi connectivity index (χ1v) is 7.88. The van der Waals surface area contributed by atoms with Crippen LogP contribution >= 0.6 is 0 Å². The van der Waals surface area contributed by atoms with Crippen molar-refractivity contribution in [3.63, 3.8) is 0 Å². The van der Waals surface area contributed by atoms with E-state index in [1.54, 1.807) is 0 Å². The summed E-state index contributed by atoms with van der Waals surface area (Å²) >= 11 is 0. The highest BCUT2D eigenvalue weighted by molar-refractivity contribution is 5.76. The van der Waals surface area contributed by atoms with Crippen LogP contribution in [0, 0.1) is 0 Å². The lowest BCUT2D eigenvalue weighted by atomic mass is 10.2. The van der Waals surface area contributed by atoms with Gasteiger partial charge in [-0.25, -0.2) is 4.79 Å². The molecule has 0 spiro atoms. The van der Waals surface area contributed by atoms with Crippen LogP contribution in [0.5, 0.6) is 0 Å². The van der Waals surface area contributed by atoms with Gasteiger partial charge in [0.15, 0.2) is 0 Å². The van der Waals surface area contributed by atoms with E-state index in [0.29, 0.717) is 0 Å². The number of para-hydroxylation sites is 1. The van der Waals surface area contributed by atoms with E-state index in [9.17, 15) is 4.79 Å². The van der Waals surface area contributed by atoms with Crippen molar-refractivity contribution in [2.45, 2.75) is 6.42 Å². The van der Waals surface area contributed by atoms with Crippen molar-refractivity contribution in [1.82, 2.24) is 15.1 Å². The predicted octanol–water partition coefficient (Wildman–Crippen LogP) is 1.22. The van der Waals surface area contributed by atoms with E-state index in [4.69, 9.17) is 0 Å². The van der Waals surface area contributed by atoms with Gasteiger partial charge in [0.25, 0.3) is 0 Å². The first-order valence-electron chi connectivity index (χ1n) is 7.88. The Morgan fingerprint density at radius 3 is 2.38 bits per heavy atom. The van der Waals surface area contributed by atoms with Gasteiger partial charge in [-0.1, -0.05) is 18.2 Å². The molecule has 2 fully saturated rings. The second-order valence-electron chi connectivity index (χ2n) is 5.74. The molecule has 2 aliphatic heterocycles. The number of anilines is 1. The molecule has 114 valence electrons. The van der Waals surface area contributed by atoms with Gasteiger partial charge in [-0.3, -0.25) is 4.90 Å². The van der Waals surface area contributed by atoms with Crippen molar-refractivity contribution in [2.24, 2.45) is 0 Å². The summed E-state index contributed by atoms with van der Waals surface area (Å²) in [6.45, 7) is 8.04. The molecule has 2 heterocycles. The van der Waals surface area contributed by atoms with Crippen molar-refractivity contribution in [3.05, 3.63) is 30.3 Å². The zero-order valence-electron chi connectivity index (χ0n) is 12.5. The second kappa shape index (κ2) is 6.80. The first kappa shape index (κ1) is 14.2. The number of piperazine rings is 1. The molecule has 5 heteroatoms. The third-order valence-electron chi connectivity index (χ3n) is 4.34. The Labute approximate surface area is 126 Å². The summed E-state index contributed by atoms with van der Waals surface area (Å²) < 4.78 is 0. The zero-order chi connectivity index (χ0) is 14.5. The number of urea groups is 1. The lowest BCUT2D eigenvalue weighted by Gasteiger charge is -2.36. The molecule has 1 aromatic rings. The molecule has 0 aliphatic carbocycles. The summed E-state index contributed by atoms with van der Waals surface area (Å²) in [4.78, 5) is 18.3. The van der Waals surface area contributed by atoms with E-state index >= 15 is 0 Å². The van der Waals surface area contributed by atoms with Crippen molar-refractivity contribution in [1.29, 1.82) is 0 Å². The number of hydrogen-bond donors (Lipinski definition) is 1. The van der Waals surface area contributed by atoms with Crippen LogP contribution in [-0.2, 0) is 0 Å². The number of carbonyl (C=O) groups is 1. The molecule has 5 nitrogen and oxygen atoms in total. The van der Waals surface area contributed by atoms with Gasteiger partial charge in [0.1, 0.15) is 0 Å². The fourth-order valence-electron chi connectivity index (χ4n) is 3.08. The molecule has 0 unspecified atom stereocenters. The minimum Gasteiger partial charge on any atom is -0.369 e. The van der Waals surface area contributed by atoms with Gasteiger partial charge in [-0.2, -0.15) is 0 Å². The second-order valence-corrected chi connectivity index (χ2v) is 5.74. The fraction of sp³-hybridized carbons (Fsp3) is 0.562. The standard InChI is InChI=1S/C16H24N4O/c21-16-17-7-10-20(16)9-4-8-18-11-13-19(14-12-18)15-5-2-1-3-6-15/h1-3,5-6H,4,7-14H2,(H,17,21). The Balaban J connectivity index is 1.37. The molecule has 3 rings (SSSR count). The molecule has 2 aliphatic rings. The van der Waals surface area contributed by atoms with E-state index in [1.807, 2.05) is 4.90 Å². The number of carbonyl (C=O) groups excluding carboxylic acids is 1. The lowest BCUT2D eigenvalue weighted by Crippen LogP contribution is -2.47. The van der Waals surface area contributed by atoms with Crippen LogP contribution in [-0.4, -0.2) is 68.2 Å². The van der Waals surface area contributed by atoms with Gasteiger partial charge in [-0.05, 0) is 25.1 Å². The molecule has 0 atom stereocenters. The van der Waals surface area contributed by atoms with E-state index in [-0.39, 0.29) is 6.03 Å². The van der Waals surface area contributed by atoms with Gasteiger partial charge in [0.2, 0.25) is 0 Å². The Morgan fingerprint density at radius 2 is 1.71 bits per heavy atom. The highest BCUT2D eigenvalue weighted by Crippen LogP contribution is 2.15. The summed E-state index contributed by atoms with van der Waals surface area (Å²) in [5.74, 6) is 0. The van der Waals surface area contributed by atoms with Crippen LogP contribution in [0.3, 0.4) is 0 Å². The smallest absolute Gasteiger partial charge is 0.317 e. The molecule has 2 amide bonds. The normalized spacial score (nSPS) is 19.9. The van der Waals surface area contributed by atoms with Crippen LogP contribution in [0.1, 0.15) is 6.42 Å². The third-order valence-corrected chi connectivity index (χ3v) is 4.34. The molecule has 1 aromatic carbocycles. The Kier molecular flexibility index (Phi) is 4.60. The number of nitrogens with zero attached hydrogens (tertiary/aromatic N) is 3. The van der Waals surface area contributed by atoms with Crippen LogP contribution in [0.2, 0.25) is 0 Å². The highest BCUT2D eigenvalue weighted by atomic mass is 16.2. The summed E-state index contributed by atoms with van der Waals surface area (Å²) in [6.07, 6.45) is 1.07. The van der Waals surface area contributed by atoms with Crippen molar-refractivity contribution in [2.75, 3.05) is 57.3 Å². The summed E-state index contributed by atoms with van der Waals surface area (Å²) in [5.41, 5.74) is 1.32. The molecule has 0 bridgehead atoms. The van der Waals surface area contributed by atoms with Crippen LogP contribution in [0.25, 0.3) is 0 Å². The van der Waals surface area contributed by atoms with E-state index in [1.165, 1.54) is 5.69 Å². The SMILES string of the molecule is O=C1NCCN1CCCN1CCN(c2ccccc2)CC1. The average Bonchev–Trinajstić information content (AvgIpc) is 2.94. The molecular weight excluding hydrogens is 264 g/mol. The quantitative estimate of drug-likeness (QED) is 0.885. The number of hydrogen-bond acceptors (Lipinski definition) is 3. The predicted molar refractivity (Wildman–Crippen MR) is 84.7 cm³/mol. The van der Waals surface area contributed by atoms with Crippen molar-refractivity contribution in [3.8, 4) is 0 Å². The minimum atomic E-state index is 0.101. The van der Waals surface area contributed by atoms with Gasteiger partial charge < -0.3 is 15.1 Å². The van der Waals surface area contributed by atoms with Crippen LogP contribution < -0.4 is 10.2 Å². The van der Waals surface area contributed by atoms with Crippen molar-refractivity contribution < 1.29 is 4.79 Å². The Hall–Kier alpha value is -1.75. The molecular formula is C16H24N4O. The number of nitrogens with one attached hydrogen (secondary N) is 1. The Morgan fingerprint density at radius 1 is 0.952 bits per heavy atom. The van der Waals surface area contributed by atoms with Gasteiger partial charge in [0, 0.05) is 51.5 Å². The number of amides is 2. The van der Waals surface area contributed by atoms with Gasteiger partial charge in [-0.15, -0.1) is 0 Å². The minimum absolute atomic E-state index is 0.101. The molecule has 2 saturated heterocycles. The summed E-state index contributed by atoms with van der Waals surface area (Å²) in [6, 6.07) is 10.7. The monoisotopic (exact) mass is 288 g/mol. The molecule has 21 heavy (non-hydrogen) atoms. The zero-order valence-corrected chi connectivity index (χ0v) is 12.5. The van der Waals surface area contributed by atoms with E-state index in [0.717, 1.165) is 58.8 Å². The van der Waals surface area contributed by atoms with Gasteiger partial charge in [0.05, 0.1) is 0 Å². The topological polar surface area (TPSA) is 38.8 Å². The summed E-state index contributed by atoms with van der Waals surface area (Å²) in [7, 11) is 0. The maximum absolute atomic E-state index is 11.5. The highest BCUT2D eigenvalue weighted by Gasteiger charge is 2.20. The molecule has 1 N–H and O–H groups in total. The van der Waals surface area contributed by atoms with Crippen molar-refractivity contribution >= 4 is 11.7 Å². The molecule has 0 radical (unpaired) electrons. The summed E-state index contributed by atoms with van der Waals surface area (Å²) in [5, 5.41) is 2.85. The largest absolute Gasteiger partial charge is 0.369 e. The maximum atomic E-state index is 11.5. The first-order chi connectivity index (χ1) is 10.3. The number of benzene rings is 1. The number of rotatable bonds is 5.